The van der Waals surface area contributed by atoms with E-state index in [1.165, 1.54) is 0 Å². The zero-order valence-electron chi connectivity index (χ0n) is 10.7. The summed E-state index contributed by atoms with van der Waals surface area (Å²) in [6, 6.07) is 0.279. The molecular weight excluding hydrogens is 284 g/mol. The van der Waals surface area contributed by atoms with Crippen LogP contribution in [-0.4, -0.2) is 42.6 Å². The lowest BCUT2D eigenvalue weighted by Gasteiger charge is -2.13. The van der Waals surface area contributed by atoms with Crippen molar-refractivity contribution in [3.8, 4) is 5.95 Å². The van der Waals surface area contributed by atoms with Gasteiger partial charge in [0.2, 0.25) is 17.2 Å². The van der Waals surface area contributed by atoms with Gasteiger partial charge in [0, 0.05) is 18.4 Å². The molecule has 1 unspecified atom stereocenters. The van der Waals surface area contributed by atoms with Crippen molar-refractivity contribution in [1.82, 2.24) is 24.5 Å². The highest BCUT2D eigenvalue weighted by Gasteiger charge is 2.09. The molecule has 0 saturated heterocycles. The van der Waals surface area contributed by atoms with Gasteiger partial charge >= 0.3 is 0 Å². The van der Waals surface area contributed by atoms with E-state index in [4.69, 9.17) is 11.6 Å². The second-order valence-corrected chi connectivity index (χ2v) is 5.35. The maximum atomic E-state index is 5.91. The Bertz CT molecular complexity index is 518. The number of thioether (sulfide) groups is 1. The second kappa shape index (κ2) is 6.72. The molecule has 8 heteroatoms. The minimum Gasteiger partial charge on any atom is -0.352 e. The van der Waals surface area contributed by atoms with Crippen LogP contribution in [0.2, 0.25) is 5.28 Å². The molecule has 0 radical (unpaired) electrons. The molecule has 2 heterocycles. The van der Waals surface area contributed by atoms with E-state index in [1.54, 1.807) is 23.3 Å². The third-order valence-corrected chi connectivity index (χ3v) is 3.28. The van der Waals surface area contributed by atoms with Crippen molar-refractivity contribution in [2.75, 3.05) is 17.3 Å². The van der Waals surface area contributed by atoms with Crippen molar-refractivity contribution in [2.24, 2.45) is 0 Å². The van der Waals surface area contributed by atoms with Gasteiger partial charge in [0.25, 0.3) is 0 Å². The van der Waals surface area contributed by atoms with Crippen molar-refractivity contribution >= 4 is 29.3 Å². The number of nitrogens with one attached hydrogen (secondary N) is 1. The fourth-order valence-electron chi connectivity index (χ4n) is 1.48. The molecule has 2 aromatic rings. The average Bonchev–Trinajstić information content (AvgIpc) is 2.89. The number of halogens is 1. The lowest BCUT2D eigenvalue weighted by Crippen LogP contribution is -2.19. The molecule has 0 aromatic carbocycles. The normalized spacial score (nSPS) is 12.4. The number of anilines is 1. The predicted molar refractivity (Wildman–Crippen MR) is 78.0 cm³/mol. The summed E-state index contributed by atoms with van der Waals surface area (Å²) < 4.78 is 1.69. The van der Waals surface area contributed by atoms with E-state index in [2.05, 4.69) is 38.4 Å². The first kappa shape index (κ1) is 14.1. The fourth-order valence-corrected chi connectivity index (χ4v) is 2.23. The molecule has 0 fully saturated rings. The van der Waals surface area contributed by atoms with E-state index in [9.17, 15) is 0 Å². The van der Waals surface area contributed by atoms with Crippen molar-refractivity contribution in [2.45, 2.75) is 19.4 Å². The highest BCUT2D eigenvalue weighted by atomic mass is 35.5. The van der Waals surface area contributed by atoms with Gasteiger partial charge in [-0.3, -0.25) is 4.57 Å². The van der Waals surface area contributed by atoms with Crippen LogP contribution in [0.15, 0.2) is 18.7 Å². The van der Waals surface area contributed by atoms with Crippen LogP contribution in [0.4, 0.5) is 5.95 Å². The molecule has 0 aliphatic carbocycles. The zero-order valence-corrected chi connectivity index (χ0v) is 12.3. The average molecular weight is 299 g/mol. The molecule has 2 aromatic heterocycles. The van der Waals surface area contributed by atoms with Gasteiger partial charge in [-0.2, -0.15) is 26.7 Å². The summed E-state index contributed by atoms with van der Waals surface area (Å²) in [4.78, 5) is 16.4. The largest absolute Gasteiger partial charge is 0.352 e. The Balaban J connectivity index is 2.13. The lowest BCUT2D eigenvalue weighted by atomic mass is 10.3. The Morgan fingerprint density at radius 2 is 2.26 bits per heavy atom. The highest BCUT2D eigenvalue weighted by molar-refractivity contribution is 7.98. The molecule has 102 valence electrons. The summed E-state index contributed by atoms with van der Waals surface area (Å²) in [5.41, 5.74) is 0. The molecule has 0 spiro atoms. The van der Waals surface area contributed by atoms with Gasteiger partial charge in [-0.15, -0.1) is 0 Å². The minimum absolute atomic E-state index is 0.165. The fraction of sp³-hybridized carbons (Fsp3) is 0.455. The highest BCUT2D eigenvalue weighted by Crippen LogP contribution is 2.11. The van der Waals surface area contributed by atoms with Crippen molar-refractivity contribution in [3.05, 3.63) is 24.0 Å². The summed E-state index contributed by atoms with van der Waals surface area (Å²) >= 11 is 7.73. The van der Waals surface area contributed by atoms with Gasteiger partial charge in [-0.25, -0.2) is 4.98 Å². The van der Waals surface area contributed by atoms with E-state index < -0.39 is 0 Å². The van der Waals surface area contributed by atoms with Crippen molar-refractivity contribution in [1.29, 1.82) is 0 Å². The molecule has 6 nitrogen and oxygen atoms in total. The third-order valence-electron chi connectivity index (χ3n) is 2.46. The first-order valence-electron chi connectivity index (χ1n) is 5.84. The molecule has 0 aliphatic rings. The van der Waals surface area contributed by atoms with E-state index in [0.29, 0.717) is 11.9 Å². The van der Waals surface area contributed by atoms with E-state index in [-0.39, 0.29) is 11.3 Å². The molecule has 2 rings (SSSR count). The molecular formula is C11H15ClN6S. The Morgan fingerprint density at radius 1 is 1.42 bits per heavy atom. The number of nitrogens with zero attached hydrogens (tertiary/aromatic N) is 5. The van der Waals surface area contributed by atoms with Crippen LogP contribution in [0.1, 0.15) is 13.3 Å². The monoisotopic (exact) mass is 298 g/mol. The molecule has 1 N–H and O–H groups in total. The van der Waals surface area contributed by atoms with Crippen LogP contribution >= 0.6 is 23.4 Å². The van der Waals surface area contributed by atoms with Crippen LogP contribution < -0.4 is 5.32 Å². The molecule has 0 aliphatic heterocycles. The van der Waals surface area contributed by atoms with Gasteiger partial charge in [-0.1, -0.05) is 0 Å². The maximum absolute atomic E-state index is 5.91. The van der Waals surface area contributed by atoms with E-state index in [1.807, 2.05) is 11.8 Å². The quantitative estimate of drug-likeness (QED) is 0.882. The topological polar surface area (TPSA) is 68.5 Å². The summed E-state index contributed by atoms with van der Waals surface area (Å²) in [5, 5.41) is 3.39. The summed E-state index contributed by atoms with van der Waals surface area (Å²) in [6.07, 6.45) is 8.15. The zero-order chi connectivity index (χ0) is 13.7. The van der Waals surface area contributed by atoms with Crippen LogP contribution in [0.25, 0.3) is 5.95 Å². The van der Waals surface area contributed by atoms with Crippen LogP contribution in [-0.2, 0) is 0 Å². The Hall–Kier alpha value is -1.34. The van der Waals surface area contributed by atoms with Crippen LogP contribution in [0, 0.1) is 0 Å². The first-order valence-corrected chi connectivity index (χ1v) is 7.61. The molecule has 0 amide bonds. The molecule has 0 bridgehead atoms. The summed E-state index contributed by atoms with van der Waals surface area (Å²) in [6.45, 7) is 2.09. The maximum Gasteiger partial charge on any atom is 0.241 e. The standard InChI is InChI=1S/C11H15ClN6S/c1-8(3-6-19-2)14-10-15-9(12)16-11(17-10)18-5-4-13-7-18/h4-5,7-8H,3,6H2,1-2H3,(H,14,15,16,17). The Morgan fingerprint density at radius 3 is 2.95 bits per heavy atom. The number of aromatic nitrogens is 5. The van der Waals surface area contributed by atoms with E-state index in [0.717, 1.165) is 12.2 Å². The van der Waals surface area contributed by atoms with Crippen LogP contribution in [0.5, 0.6) is 0 Å². The van der Waals surface area contributed by atoms with Crippen LogP contribution in [0.3, 0.4) is 0 Å². The Kier molecular flexibility index (Phi) is 4.98. The second-order valence-electron chi connectivity index (χ2n) is 4.02. The smallest absolute Gasteiger partial charge is 0.241 e. The predicted octanol–water partition coefficient (Wildman–Crippen LogP) is 2.26. The lowest BCUT2D eigenvalue weighted by molar-refractivity contribution is 0.754. The number of hydrogen-bond donors (Lipinski definition) is 1. The summed E-state index contributed by atoms with van der Waals surface area (Å²) in [5.74, 6) is 2.02. The van der Waals surface area contributed by atoms with E-state index >= 15 is 0 Å². The Labute approximate surface area is 121 Å². The van der Waals surface area contributed by atoms with Gasteiger partial charge < -0.3 is 5.32 Å². The van der Waals surface area contributed by atoms with Gasteiger partial charge in [0.05, 0.1) is 0 Å². The van der Waals surface area contributed by atoms with Gasteiger partial charge in [-0.05, 0) is 37.0 Å². The molecule has 0 saturated carbocycles. The summed E-state index contributed by atoms with van der Waals surface area (Å²) in [7, 11) is 0. The van der Waals surface area contributed by atoms with Gasteiger partial charge in [0.15, 0.2) is 0 Å². The molecule has 1 atom stereocenters. The van der Waals surface area contributed by atoms with Crippen molar-refractivity contribution in [3.63, 3.8) is 0 Å². The first-order chi connectivity index (χ1) is 9.19. The van der Waals surface area contributed by atoms with Crippen molar-refractivity contribution < 1.29 is 0 Å². The number of rotatable bonds is 6. The molecule has 19 heavy (non-hydrogen) atoms. The number of imidazole rings is 1. The third kappa shape index (κ3) is 4.07. The minimum atomic E-state index is 0.165. The SMILES string of the molecule is CSCCC(C)Nc1nc(Cl)nc(-n2ccnc2)n1. The number of hydrogen-bond acceptors (Lipinski definition) is 6. The van der Waals surface area contributed by atoms with Gasteiger partial charge in [0.1, 0.15) is 6.33 Å².